The van der Waals surface area contributed by atoms with E-state index in [2.05, 4.69) is 60.9 Å². The van der Waals surface area contributed by atoms with Crippen LogP contribution >= 0.6 is 0 Å². The van der Waals surface area contributed by atoms with Crippen molar-refractivity contribution < 1.29 is 0 Å². The molecule has 0 saturated carbocycles. The molecule has 1 aliphatic heterocycles. The summed E-state index contributed by atoms with van der Waals surface area (Å²) in [6.07, 6.45) is 4.04. The predicted molar refractivity (Wildman–Crippen MR) is 86.4 cm³/mol. The molecular formula is C17H25N5. The van der Waals surface area contributed by atoms with Gasteiger partial charge in [0.1, 0.15) is 12.2 Å². The van der Waals surface area contributed by atoms with Gasteiger partial charge in [-0.05, 0) is 59.2 Å². The first-order chi connectivity index (χ1) is 10.4. The van der Waals surface area contributed by atoms with E-state index < -0.39 is 0 Å². The first-order valence-corrected chi connectivity index (χ1v) is 8.02. The minimum absolute atomic E-state index is 0.0390. The molecule has 2 aromatic heterocycles. The zero-order chi connectivity index (χ0) is 15.7. The lowest BCUT2D eigenvalue weighted by Gasteiger charge is -2.26. The lowest BCUT2D eigenvalue weighted by molar-refractivity contribution is 0.222. The van der Waals surface area contributed by atoms with Crippen LogP contribution in [0.2, 0.25) is 0 Å². The molecule has 5 nitrogen and oxygen atoms in total. The Kier molecular flexibility index (Phi) is 4.00. The van der Waals surface area contributed by atoms with Gasteiger partial charge in [-0.1, -0.05) is 6.07 Å². The van der Waals surface area contributed by atoms with Crippen LogP contribution in [0, 0.1) is 6.92 Å². The summed E-state index contributed by atoms with van der Waals surface area (Å²) in [5.74, 6) is 1.03. The third-order valence-corrected chi connectivity index (χ3v) is 4.21. The van der Waals surface area contributed by atoms with Crippen molar-refractivity contribution in [2.24, 2.45) is 0 Å². The molecule has 0 aliphatic carbocycles. The fraction of sp³-hybridized carbons (Fsp3) is 0.588. The summed E-state index contributed by atoms with van der Waals surface area (Å²) in [5.41, 5.74) is 2.23. The van der Waals surface area contributed by atoms with E-state index in [0.717, 1.165) is 24.6 Å². The molecule has 5 heteroatoms. The Balaban J connectivity index is 1.82. The first kappa shape index (κ1) is 15.2. The number of rotatable bonds is 3. The normalized spacial score (nSPS) is 19.7. The number of hydrogen-bond acceptors (Lipinski definition) is 4. The molecule has 3 rings (SSSR count). The molecule has 2 aromatic rings. The molecule has 1 atom stereocenters. The Morgan fingerprint density at radius 3 is 2.82 bits per heavy atom. The Morgan fingerprint density at radius 1 is 1.27 bits per heavy atom. The van der Waals surface area contributed by atoms with Crippen molar-refractivity contribution >= 4 is 0 Å². The van der Waals surface area contributed by atoms with Crippen molar-refractivity contribution in [1.82, 2.24) is 24.6 Å². The van der Waals surface area contributed by atoms with E-state index >= 15 is 0 Å². The number of aryl methyl sites for hydroxylation is 1. The maximum atomic E-state index is 4.72. The molecule has 1 aliphatic rings. The highest BCUT2D eigenvalue weighted by Gasteiger charge is 2.29. The minimum atomic E-state index is -0.0390. The van der Waals surface area contributed by atoms with Gasteiger partial charge in [0.15, 0.2) is 0 Å². The van der Waals surface area contributed by atoms with Crippen LogP contribution < -0.4 is 0 Å². The Bertz CT molecular complexity index is 640. The molecule has 3 heterocycles. The van der Waals surface area contributed by atoms with E-state index in [1.807, 2.05) is 4.68 Å². The first-order valence-electron chi connectivity index (χ1n) is 8.02. The number of aromatic nitrogens is 4. The largest absolute Gasteiger partial charge is 0.287 e. The summed E-state index contributed by atoms with van der Waals surface area (Å²) in [7, 11) is 0. The highest BCUT2D eigenvalue weighted by atomic mass is 15.4. The smallest absolute Gasteiger partial charge is 0.141 e. The standard InChI is InChI=1S/C17H25N5/c1-13-7-5-8-14(20-13)15-9-6-10-21(15)11-16-18-12-19-22(16)17(2,3)4/h5,7-8,12,15H,6,9-11H2,1-4H3/t15-/m0/s1. The zero-order valence-corrected chi connectivity index (χ0v) is 14.0. The topological polar surface area (TPSA) is 46.8 Å². The highest BCUT2D eigenvalue weighted by molar-refractivity contribution is 5.15. The van der Waals surface area contributed by atoms with Crippen LogP contribution in [0.25, 0.3) is 0 Å². The van der Waals surface area contributed by atoms with Crippen LogP contribution in [0.15, 0.2) is 24.5 Å². The van der Waals surface area contributed by atoms with E-state index in [-0.39, 0.29) is 5.54 Å². The molecule has 0 spiro atoms. The molecule has 1 fully saturated rings. The summed E-state index contributed by atoms with van der Waals surface area (Å²) in [6.45, 7) is 10.5. The molecule has 0 bridgehead atoms. The predicted octanol–water partition coefficient (Wildman–Crippen LogP) is 3.07. The van der Waals surface area contributed by atoms with Crippen molar-refractivity contribution in [3.63, 3.8) is 0 Å². The third-order valence-electron chi connectivity index (χ3n) is 4.21. The van der Waals surface area contributed by atoms with Gasteiger partial charge in [0, 0.05) is 5.69 Å². The molecule has 1 saturated heterocycles. The van der Waals surface area contributed by atoms with Crippen LogP contribution in [0.1, 0.15) is 56.9 Å². The van der Waals surface area contributed by atoms with E-state index in [0.29, 0.717) is 6.04 Å². The van der Waals surface area contributed by atoms with Crippen molar-refractivity contribution in [3.8, 4) is 0 Å². The van der Waals surface area contributed by atoms with Gasteiger partial charge in [-0.25, -0.2) is 9.67 Å². The number of likely N-dealkylation sites (tertiary alicyclic amines) is 1. The van der Waals surface area contributed by atoms with E-state index in [4.69, 9.17) is 4.98 Å². The summed E-state index contributed by atoms with van der Waals surface area (Å²) in [5, 5.41) is 4.40. The van der Waals surface area contributed by atoms with Crippen LogP contribution in [0.4, 0.5) is 0 Å². The molecule has 22 heavy (non-hydrogen) atoms. The fourth-order valence-corrected chi connectivity index (χ4v) is 3.22. The van der Waals surface area contributed by atoms with Gasteiger partial charge in [-0.15, -0.1) is 0 Å². The van der Waals surface area contributed by atoms with Gasteiger partial charge < -0.3 is 0 Å². The second-order valence-corrected chi connectivity index (χ2v) is 7.09. The molecule has 0 unspecified atom stereocenters. The van der Waals surface area contributed by atoms with Crippen molar-refractivity contribution in [2.75, 3.05) is 6.54 Å². The van der Waals surface area contributed by atoms with Gasteiger partial charge >= 0.3 is 0 Å². The van der Waals surface area contributed by atoms with Gasteiger partial charge in [-0.2, -0.15) is 5.10 Å². The van der Waals surface area contributed by atoms with E-state index in [9.17, 15) is 0 Å². The summed E-state index contributed by atoms with van der Waals surface area (Å²) < 4.78 is 2.03. The molecule has 118 valence electrons. The fourth-order valence-electron chi connectivity index (χ4n) is 3.22. The Labute approximate surface area is 132 Å². The Hall–Kier alpha value is -1.75. The lowest BCUT2D eigenvalue weighted by atomic mass is 10.1. The molecular weight excluding hydrogens is 274 g/mol. The van der Waals surface area contributed by atoms with Crippen molar-refractivity contribution in [1.29, 1.82) is 0 Å². The maximum absolute atomic E-state index is 4.72. The summed E-state index contributed by atoms with van der Waals surface area (Å²) in [6, 6.07) is 6.69. The van der Waals surface area contributed by atoms with E-state index in [1.54, 1.807) is 6.33 Å². The number of nitrogens with zero attached hydrogens (tertiary/aromatic N) is 5. The van der Waals surface area contributed by atoms with Gasteiger partial charge in [0.2, 0.25) is 0 Å². The number of hydrogen-bond donors (Lipinski definition) is 0. The second kappa shape index (κ2) is 5.80. The monoisotopic (exact) mass is 299 g/mol. The van der Waals surface area contributed by atoms with Crippen LogP contribution in [0.3, 0.4) is 0 Å². The SMILES string of the molecule is Cc1cccc([C@@H]2CCCN2Cc2ncnn2C(C)(C)C)n1. The maximum Gasteiger partial charge on any atom is 0.141 e. The molecule has 0 amide bonds. The zero-order valence-electron chi connectivity index (χ0n) is 14.0. The minimum Gasteiger partial charge on any atom is -0.287 e. The Morgan fingerprint density at radius 2 is 2.09 bits per heavy atom. The molecule has 0 N–H and O–H groups in total. The van der Waals surface area contributed by atoms with Crippen LogP contribution in [-0.2, 0) is 12.1 Å². The molecule has 0 radical (unpaired) electrons. The number of pyridine rings is 1. The lowest BCUT2D eigenvalue weighted by Crippen LogP contribution is -2.30. The average Bonchev–Trinajstić information content (AvgIpc) is 3.07. The summed E-state index contributed by atoms with van der Waals surface area (Å²) >= 11 is 0. The highest BCUT2D eigenvalue weighted by Crippen LogP contribution is 2.32. The quantitative estimate of drug-likeness (QED) is 0.874. The summed E-state index contributed by atoms with van der Waals surface area (Å²) in [4.78, 5) is 11.7. The van der Waals surface area contributed by atoms with E-state index in [1.165, 1.54) is 18.5 Å². The van der Waals surface area contributed by atoms with Gasteiger partial charge in [0.05, 0.1) is 23.8 Å². The van der Waals surface area contributed by atoms with Crippen LogP contribution in [-0.4, -0.2) is 31.2 Å². The third kappa shape index (κ3) is 3.04. The van der Waals surface area contributed by atoms with Gasteiger partial charge in [0.25, 0.3) is 0 Å². The van der Waals surface area contributed by atoms with Crippen molar-refractivity contribution in [2.45, 2.75) is 58.7 Å². The average molecular weight is 299 g/mol. The second-order valence-electron chi connectivity index (χ2n) is 7.09. The van der Waals surface area contributed by atoms with Gasteiger partial charge in [-0.3, -0.25) is 9.88 Å². The van der Waals surface area contributed by atoms with Crippen molar-refractivity contribution in [3.05, 3.63) is 41.7 Å². The van der Waals surface area contributed by atoms with Crippen LogP contribution in [0.5, 0.6) is 0 Å². The molecule has 0 aromatic carbocycles.